The van der Waals surface area contributed by atoms with Crippen LogP contribution in [0.15, 0.2) is 32.3 Å². The minimum atomic E-state index is -0.450. The third-order valence-corrected chi connectivity index (χ3v) is 6.29. The second-order valence-corrected chi connectivity index (χ2v) is 8.45. The average molecular weight is 439 g/mol. The number of hydrogen-bond acceptors (Lipinski definition) is 8. The van der Waals surface area contributed by atoms with Gasteiger partial charge in [-0.05, 0) is 18.2 Å². The summed E-state index contributed by atoms with van der Waals surface area (Å²) in [7, 11) is 1.61. The summed E-state index contributed by atoms with van der Waals surface area (Å²) in [6, 6.07) is 3.71. The van der Waals surface area contributed by atoms with E-state index in [1.165, 1.54) is 15.9 Å². The summed E-state index contributed by atoms with van der Waals surface area (Å²) < 4.78 is 13.6. The van der Waals surface area contributed by atoms with Gasteiger partial charge in [-0.15, -0.1) is 11.3 Å². The summed E-state index contributed by atoms with van der Waals surface area (Å²) in [5, 5.41) is 3.70. The van der Waals surface area contributed by atoms with Gasteiger partial charge in [-0.2, -0.15) is 17.6 Å². The van der Waals surface area contributed by atoms with Gasteiger partial charge in [0.2, 0.25) is 5.89 Å². The van der Waals surface area contributed by atoms with E-state index >= 15 is 0 Å². The molecule has 0 aromatic carbocycles. The first-order valence-corrected chi connectivity index (χ1v) is 9.98. The lowest BCUT2D eigenvalue weighted by Gasteiger charge is -2.09. The van der Waals surface area contributed by atoms with Crippen LogP contribution >= 0.6 is 35.6 Å². The van der Waals surface area contributed by atoms with Crippen LogP contribution in [0.25, 0.3) is 6.08 Å². The van der Waals surface area contributed by atoms with Crippen LogP contribution in [-0.2, 0) is 31.5 Å². The molecule has 28 heavy (non-hydrogen) atoms. The number of rotatable bonds is 5. The van der Waals surface area contributed by atoms with Crippen LogP contribution in [0.1, 0.15) is 33.1 Å². The highest BCUT2D eigenvalue weighted by Crippen LogP contribution is 2.31. The Morgan fingerprint density at radius 2 is 2.21 bits per heavy atom. The van der Waals surface area contributed by atoms with Gasteiger partial charge >= 0.3 is 5.69 Å². The second-order valence-electron chi connectivity index (χ2n) is 6.14. The minimum Gasteiger partial charge on any atom is -0.370 e. The lowest BCUT2D eigenvalue weighted by atomic mass is 10.2. The van der Waals surface area contributed by atoms with Crippen molar-refractivity contribution in [2.24, 2.45) is 7.05 Å². The topological polar surface area (TPSA) is 92.1 Å². The van der Waals surface area contributed by atoms with Crippen LogP contribution in [0, 0.1) is 0 Å². The van der Waals surface area contributed by atoms with Crippen molar-refractivity contribution in [1.29, 1.82) is 0 Å². The first kappa shape index (κ1) is 19.2. The van der Waals surface area contributed by atoms with Gasteiger partial charge in [-0.25, -0.2) is 4.79 Å². The Labute approximate surface area is 173 Å². The summed E-state index contributed by atoms with van der Waals surface area (Å²) in [6.45, 7) is 0.341. The number of thiophene rings is 1. The number of ether oxygens (including phenoxy) is 1. The van der Waals surface area contributed by atoms with E-state index in [0.29, 0.717) is 21.4 Å². The highest BCUT2D eigenvalue weighted by molar-refractivity contribution is 7.80. The first-order valence-electron chi connectivity index (χ1n) is 8.27. The van der Waals surface area contributed by atoms with Crippen LogP contribution in [0.5, 0.6) is 0 Å². The molecule has 146 valence electrons. The van der Waals surface area contributed by atoms with Crippen LogP contribution in [0.2, 0.25) is 4.34 Å². The van der Waals surface area contributed by atoms with Gasteiger partial charge in [0.05, 0.1) is 34.1 Å². The van der Waals surface area contributed by atoms with Crippen LogP contribution < -0.4 is 11.2 Å². The maximum absolute atomic E-state index is 12.6. The van der Waals surface area contributed by atoms with E-state index in [1.54, 1.807) is 19.2 Å². The van der Waals surface area contributed by atoms with Crippen molar-refractivity contribution < 1.29 is 9.26 Å². The molecule has 1 aliphatic heterocycles. The van der Waals surface area contributed by atoms with Gasteiger partial charge < -0.3 is 9.26 Å². The van der Waals surface area contributed by atoms with Crippen molar-refractivity contribution >= 4 is 41.6 Å². The third-order valence-electron chi connectivity index (χ3n) is 4.35. The SMILES string of the molecule is Cn1c2c(c(=O)n(Cc3nc(/C=C/C(S)c4ccc(Cl)s4)no3)c1=O)COC2. The Hall–Kier alpha value is -2.14. The highest BCUT2D eigenvalue weighted by atomic mass is 35.5. The van der Waals surface area contributed by atoms with Crippen LogP contribution in [0.4, 0.5) is 0 Å². The van der Waals surface area contributed by atoms with Crippen molar-refractivity contribution in [3.63, 3.8) is 0 Å². The fourth-order valence-corrected chi connectivity index (χ4v) is 4.24. The van der Waals surface area contributed by atoms with Crippen molar-refractivity contribution in [3.05, 3.63) is 71.2 Å². The fourth-order valence-electron chi connectivity index (χ4n) is 2.88. The average Bonchev–Trinajstić information content (AvgIpc) is 3.42. The molecule has 3 aromatic heterocycles. The molecule has 1 atom stereocenters. The quantitative estimate of drug-likeness (QED) is 0.615. The predicted molar refractivity (Wildman–Crippen MR) is 108 cm³/mol. The maximum atomic E-state index is 12.6. The Kier molecular flexibility index (Phi) is 5.28. The minimum absolute atomic E-state index is 0.107. The lowest BCUT2D eigenvalue weighted by Crippen LogP contribution is -2.41. The Bertz CT molecular complexity index is 1180. The summed E-state index contributed by atoms with van der Waals surface area (Å²) >= 11 is 11.9. The van der Waals surface area contributed by atoms with Gasteiger partial charge in [0.15, 0.2) is 5.82 Å². The Morgan fingerprint density at radius 1 is 1.39 bits per heavy atom. The van der Waals surface area contributed by atoms with Gasteiger partial charge in [0.1, 0.15) is 6.54 Å². The molecule has 0 bridgehead atoms. The van der Waals surface area contributed by atoms with Gasteiger partial charge in [-0.3, -0.25) is 13.9 Å². The molecule has 0 saturated heterocycles. The standard InChI is InChI=1S/C17H15ClN4O4S2/c1-21-10-8-25-7-9(10)16(23)22(17(21)24)6-15-19-14(20-26-15)5-2-11(27)12-3-4-13(18)28-12/h2-5,11,27H,6-8H2,1H3/b5-2+. The molecule has 4 rings (SSSR count). The molecule has 0 aliphatic carbocycles. The molecule has 8 nitrogen and oxygen atoms in total. The van der Waals surface area contributed by atoms with E-state index in [4.69, 9.17) is 20.9 Å². The highest BCUT2D eigenvalue weighted by Gasteiger charge is 2.23. The number of thiol groups is 1. The number of fused-ring (bicyclic) bond motifs is 1. The number of aromatic nitrogens is 4. The molecule has 1 aliphatic rings. The van der Waals surface area contributed by atoms with Crippen LogP contribution in [0.3, 0.4) is 0 Å². The zero-order valence-corrected chi connectivity index (χ0v) is 17.1. The van der Waals surface area contributed by atoms with E-state index in [9.17, 15) is 9.59 Å². The maximum Gasteiger partial charge on any atom is 0.331 e. The van der Waals surface area contributed by atoms with Crippen molar-refractivity contribution in [2.75, 3.05) is 0 Å². The lowest BCUT2D eigenvalue weighted by molar-refractivity contribution is 0.131. The smallest absolute Gasteiger partial charge is 0.331 e. The summed E-state index contributed by atoms with van der Waals surface area (Å²) in [6.07, 6.45) is 3.47. The van der Waals surface area contributed by atoms with E-state index in [-0.39, 0.29) is 30.9 Å². The molecular formula is C17H15ClN4O4S2. The van der Waals surface area contributed by atoms with Gasteiger partial charge in [0, 0.05) is 11.9 Å². The molecule has 0 amide bonds. The van der Waals surface area contributed by atoms with E-state index < -0.39 is 11.2 Å². The zero-order chi connectivity index (χ0) is 19.8. The van der Waals surface area contributed by atoms with Crippen molar-refractivity contribution in [3.8, 4) is 0 Å². The van der Waals surface area contributed by atoms with Gasteiger partial charge in [-0.1, -0.05) is 22.8 Å². The number of hydrogen-bond donors (Lipinski definition) is 1. The fraction of sp³-hybridized carbons (Fsp3) is 0.294. The number of halogens is 1. The van der Waals surface area contributed by atoms with E-state index in [2.05, 4.69) is 22.8 Å². The van der Waals surface area contributed by atoms with E-state index in [1.807, 2.05) is 12.1 Å². The normalized spacial score (nSPS) is 14.7. The Morgan fingerprint density at radius 3 is 2.96 bits per heavy atom. The first-order chi connectivity index (χ1) is 13.4. The molecule has 0 fully saturated rings. The summed E-state index contributed by atoms with van der Waals surface area (Å²) in [4.78, 5) is 30.3. The second kappa shape index (κ2) is 7.70. The molecule has 0 N–H and O–H groups in total. The molecule has 0 saturated carbocycles. The van der Waals surface area contributed by atoms with Crippen LogP contribution in [-0.4, -0.2) is 19.3 Å². The Balaban J connectivity index is 1.55. The molecule has 3 aromatic rings. The molecular weight excluding hydrogens is 424 g/mol. The van der Waals surface area contributed by atoms with E-state index in [0.717, 1.165) is 9.44 Å². The third kappa shape index (κ3) is 3.60. The van der Waals surface area contributed by atoms with Crippen molar-refractivity contribution in [2.45, 2.75) is 25.0 Å². The predicted octanol–water partition coefficient (Wildman–Crippen LogP) is 2.41. The molecule has 0 radical (unpaired) electrons. The van der Waals surface area contributed by atoms with Gasteiger partial charge in [0.25, 0.3) is 5.56 Å². The summed E-state index contributed by atoms with van der Waals surface area (Å²) in [5.41, 5.74) is 0.244. The largest absolute Gasteiger partial charge is 0.370 e. The molecule has 4 heterocycles. The number of nitrogens with zero attached hydrogens (tertiary/aromatic N) is 4. The molecule has 1 unspecified atom stereocenters. The monoisotopic (exact) mass is 438 g/mol. The zero-order valence-electron chi connectivity index (χ0n) is 14.7. The summed E-state index contributed by atoms with van der Waals surface area (Å²) in [5.74, 6) is 0.485. The molecule has 11 heteroatoms. The molecule has 0 spiro atoms. The van der Waals surface area contributed by atoms with Crippen molar-refractivity contribution in [1.82, 2.24) is 19.3 Å².